The lowest BCUT2D eigenvalue weighted by molar-refractivity contribution is -0.155. The number of methoxy groups -OCH3 is 2. The molecule has 1 heterocycles. The molecule has 1 aromatic carbocycles. The van der Waals surface area contributed by atoms with Crippen molar-refractivity contribution in [3.05, 3.63) is 29.8 Å². The number of carbonyl (C=O) groups excluding carboxylic acids is 2. The molecular weight excluding hydrogens is 334 g/mol. The number of hydrogen-bond donors (Lipinski definition) is 0. The van der Waals surface area contributed by atoms with Crippen molar-refractivity contribution < 1.29 is 23.8 Å². The van der Waals surface area contributed by atoms with Crippen LogP contribution in [0.1, 0.15) is 38.2 Å². The molecule has 1 aliphatic heterocycles. The van der Waals surface area contributed by atoms with E-state index in [0.717, 1.165) is 44.3 Å². The highest BCUT2D eigenvalue weighted by atomic mass is 16.5. The van der Waals surface area contributed by atoms with Gasteiger partial charge in [0.15, 0.2) is 6.10 Å². The molecular formula is C20H27NO5. The zero-order chi connectivity index (χ0) is 18.9. The Balaban J connectivity index is 1.94. The monoisotopic (exact) mass is 361 g/mol. The molecule has 0 saturated carbocycles. The third-order valence-electron chi connectivity index (χ3n) is 4.40. The lowest BCUT2D eigenvalue weighted by Crippen LogP contribution is -2.40. The van der Waals surface area contributed by atoms with E-state index in [2.05, 4.69) is 0 Å². The summed E-state index contributed by atoms with van der Waals surface area (Å²) in [4.78, 5) is 26.3. The minimum Gasteiger partial charge on any atom is -0.497 e. The van der Waals surface area contributed by atoms with Gasteiger partial charge in [-0.25, -0.2) is 4.79 Å². The highest BCUT2D eigenvalue weighted by Crippen LogP contribution is 2.25. The molecule has 1 saturated heterocycles. The van der Waals surface area contributed by atoms with Crippen LogP contribution >= 0.6 is 0 Å². The van der Waals surface area contributed by atoms with Crippen LogP contribution in [0.15, 0.2) is 24.3 Å². The van der Waals surface area contributed by atoms with Crippen LogP contribution in [0.25, 0.3) is 6.08 Å². The van der Waals surface area contributed by atoms with Gasteiger partial charge in [-0.1, -0.05) is 12.8 Å². The third-order valence-corrected chi connectivity index (χ3v) is 4.40. The van der Waals surface area contributed by atoms with E-state index in [9.17, 15) is 9.59 Å². The quantitative estimate of drug-likeness (QED) is 0.576. The predicted octanol–water partition coefficient (Wildman–Crippen LogP) is 3.05. The molecule has 2 rings (SSSR count). The topological polar surface area (TPSA) is 65.1 Å². The molecule has 26 heavy (non-hydrogen) atoms. The molecule has 0 N–H and O–H groups in total. The van der Waals surface area contributed by atoms with Crippen molar-refractivity contribution in [3.63, 3.8) is 0 Å². The van der Waals surface area contributed by atoms with Crippen LogP contribution in [0.4, 0.5) is 0 Å². The first kappa shape index (κ1) is 19.8. The Bertz CT molecular complexity index is 648. The standard InChI is InChI=1S/C20H27NO5/c1-15(20(23)21-12-6-4-5-7-13-21)26-19(22)11-9-16-8-10-17(24-2)14-18(16)25-3/h8-11,14-15H,4-7,12-13H2,1-3H3/b11-9+. The molecule has 1 atom stereocenters. The van der Waals surface area contributed by atoms with E-state index in [0.29, 0.717) is 11.5 Å². The van der Waals surface area contributed by atoms with Gasteiger partial charge < -0.3 is 19.1 Å². The van der Waals surface area contributed by atoms with Gasteiger partial charge in [-0.05, 0) is 38.0 Å². The highest BCUT2D eigenvalue weighted by Gasteiger charge is 2.23. The summed E-state index contributed by atoms with van der Waals surface area (Å²) >= 11 is 0. The van der Waals surface area contributed by atoms with Gasteiger partial charge >= 0.3 is 5.97 Å². The summed E-state index contributed by atoms with van der Waals surface area (Å²) in [7, 11) is 3.12. The first-order valence-corrected chi connectivity index (χ1v) is 8.94. The Morgan fingerprint density at radius 1 is 1.08 bits per heavy atom. The second-order valence-corrected chi connectivity index (χ2v) is 6.26. The Morgan fingerprint density at radius 2 is 1.77 bits per heavy atom. The van der Waals surface area contributed by atoms with Crippen molar-refractivity contribution in [3.8, 4) is 11.5 Å². The minimum absolute atomic E-state index is 0.129. The predicted molar refractivity (Wildman–Crippen MR) is 99.2 cm³/mol. The van der Waals surface area contributed by atoms with E-state index in [1.807, 2.05) is 0 Å². The SMILES string of the molecule is COc1ccc(/C=C/C(=O)OC(C)C(=O)N2CCCCCC2)c(OC)c1. The normalized spacial score (nSPS) is 16.0. The first-order chi connectivity index (χ1) is 12.5. The van der Waals surface area contributed by atoms with Gasteiger partial charge in [-0.15, -0.1) is 0 Å². The lowest BCUT2D eigenvalue weighted by Gasteiger charge is -2.23. The molecule has 0 radical (unpaired) electrons. The summed E-state index contributed by atoms with van der Waals surface area (Å²) in [6.07, 6.45) is 6.41. The Labute approximate surface area is 154 Å². The van der Waals surface area contributed by atoms with E-state index in [4.69, 9.17) is 14.2 Å². The van der Waals surface area contributed by atoms with Gasteiger partial charge in [-0.2, -0.15) is 0 Å². The Morgan fingerprint density at radius 3 is 2.38 bits per heavy atom. The highest BCUT2D eigenvalue weighted by molar-refractivity contribution is 5.90. The number of esters is 1. The van der Waals surface area contributed by atoms with Gasteiger partial charge in [0.2, 0.25) is 0 Å². The second kappa shape index (κ2) is 9.85. The number of hydrogen-bond acceptors (Lipinski definition) is 5. The molecule has 6 heteroatoms. The summed E-state index contributed by atoms with van der Waals surface area (Å²) in [6.45, 7) is 3.09. The average Bonchev–Trinajstić information content (AvgIpc) is 2.94. The average molecular weight is 361 g/mol. The smallest absolute Gasteiger partial charge is 0.331 e. The van der Waals surface area contributed by atoms with Crippen LogP contribution in [0.3, 0.4) is 0 Å². The van der Waals surface area contributed by atoms with Crippen LogP contribution in [-0.2, 0) is 14.3 Å². The van der Waals surface area contributed by atoms with E-state index in [-0.39, 0.29) is 5.91 Å². The molecule has 1 aromatic rings. The van der Waals surface area contributed by atoms with Gasteiger partial charge in [0.1, 0.15) is 11.5 Å². The molecule has 0 aromatic heterocycles. The van der Waals surface area contributed by atoms with Crippen LogP contribution in [0, 0.1) is 0 Å². The largest absolute Gasteiger partial charge is 0.497 e. The number of ether oxygens (including phenoxy) is 3. The maximum Gasteiger partial charge on any atom is 0.331 e. The van der Waals surface area contributed by atoms with Gasteiger partial charge in [0, 0.05) is 30.8 Å². The van der Waals surface area contributed by atoms with E-state index >= 15 is 0 Å². The van der Waals surface area contributed by atoms with Crippen molar-refractivity contribution >= 4 is 18.0 Å². The number of rotatable bonds is 6. The van der Waals surface area contributed by atoms with Crippen molar-refractivity contribution in [1.29, 1.82) is 0 Å². The van der Waals surface area contributed by atoms with Crippen molar-refractivity contribution in [2.45, 2.75) is 38.7 Å². The zero-order valence-corrected chi connectivity index (χ0v) is 15.7. The van der Waals surface area contributed by atoms with E-state index in [1.165, 1.54) is 6.08 Å². The third kappa shape index (κ3) is 5.51. The summed E-state index contributed by atoms with van der Waals surface area (Å²) in [5.74, 6) is 0.564. The maximum atomic E-state index is 12.4. The Hall–Kier alpha value is -2.50. The van der Waals surface area contributed by atoms with E-state index in [1.54, 1.807) is 50.3 Å². The molecule has 1 fully saturated rings. The second-order valence-electron chi connectivity index (χ2n) is 6.26. The fraction of sp³-hybridized carbons (Fsp3) is 0.500. The fourth-order valence-electron chi connectivity index (χ4n) is 2.93. The summed E-state index contributed by atoms with van der Waals surface area (Å²) in [6, 6.07) is 5.29. The number of amides is 1. The first-order valence-electron chi connectivity index (χ1n) is 8.94. The molecule has 6 nitrogen and oxygen atoms in total. The molecule has 0 bridgehead atoms. The van der Waals surface area contributed by atoms with Gasteiger partial charge in [0.25, 0.3) is 5.91 Å². The number of likely N-dealkylation sites (tertiary alicyclic amines) is 1. The summed E-state index contributed by atoms with van der Waals surface area (Å²) in [5.41, 5.74) is 0.719. The molecule has 1 aliphatic rings. The molecule has 0 aliphatic carbocycles. The van der Waals surface area contributed by atoms with Crippen molar-refractivity contribution in [1.82, 2.24) is 4.90 Å². The Kier molecular flexibility index (Phi) is 7.51. The maximum absolute atomic E-state index is 12.4. The molecule has 0 spiro atoms. The fourth-order valence-corrected chi connectivity index (χ4v) is 2.93. The van der Waals surface area contributed by atoms with Crippen molar-refractivity contribution in [2.24, 2.45) is 0 Å². The van der Waals surface area contributed by atoms with Gasteiger partial charge in [-0.3, -0.25) is 4.79 Å². The van der Waals surface area contributed by atoms with Gasteiger partial charge in [0.05, 0.1) is 14.2 Å². The number of carbonyl (C=O) groups is 2. The minimum atomic E-state index is -0.789. The molecule has 142 valence electrons. The lowest BCUT2D eigenvalue weighted by atomic mass is 10.1. The number of nitrogens with zero attached hydrogens (tertiary/aromatic N) is 1. The molecule has 1 unspecified atom stereocenters. The van der Waals surface area contributed by atoms with Crippen LogP contribution in [0.5, 0.6) is 11.5 Å². The summed E-state index contributed by atoms with van der Waals surface area (Å²) in [5, 5.41) is 0. The van der Waals surface area contributed by atoms with Crippen molar-refractivity contribution in [2.75, 3.05) is 27.3 Å². The summed E-state index contributed by atoms with van der Waals surface area (Å²) < 4.78 is 15.7. The van der Waals surface area contributed by atoms with E-state index < -0.39 is 12.1 Å². The van der Waals surface area contributed by atoms with Crippen LogP contribution in [0.2, 0.25) is 0 Å². The number of benzene rings is 1. The van der Waals surface area contributed by atoms with Crippen LogP contribution < -0.4 is 9.47 Å². The zero-order valence-electron chi connectivity index (χ0n) is 15.7. The molecule has 1 amide bonds. The van der Waals surface area contributed by atoms with Crippen LogP contribution in [-0.4, -0.2) is 50.2 Å².